The Kier molecular flexibility index (Phi) is 3.00. The molecule has 3 unspecified atom stereocenters. The summed E-state index contributed by atoms with van der Waals surface area (Å²) in [5.41, 5.74) is -0.727. The van der Waals surface area contributed by atoms with E-state index in [0.717, 1.165) is 0 Å². The van der Waals surface area contributed by atoms with Crippen molar-refractivity contribution >= 4 is 0 Å². The number of hydrogen-bond acceptors (Lipinski definition) is 2. The Bertz CT molecular complexity index is 217. The van der Waals surface area contributed by atoms with Gasteiger partial charge in [0.2, 0.25) is 0 Å². The van der Waals surface area contributed by atoms with Gasteiger partial charge in [0.25, 0.3) is 0 Å². The van der Waals surface area contributed by atoms with Gasteiger partial charge in [0.1, 0.15) is 0 Å². The van der Waals surface area contributed by atoms with Crippen molar-refractivity contribution in [3.8, 4) is 12.3 Å². The number of aliphatic hydroxyl groups excluding tert-OH is 1. The smallest absolute Gasteiger partial charge is 0.154 e. The number of terminal acetylenes is 1. The molecule has 1 rings (SSSR count). The Balaban J connectivity index is 2.76. The van der Waals surface area contributed by atoms with Crippen LogP contribution in [0.4, 0.5) is 0 Å². The molecule has 2 nitrogen and oxygen atoms in total. The molecule has 13 heavy (non-hydrogen) atoms. The van der Waals surface area contributed by atoms with Gasteiger partial charge in [-0.25, -0.2) is 0 Å². The Labute approximate surface area is 80.3 Å². The molecule has 0 saturated carbocycles. The van der Waals surface area contributed by atoms with Crippen LogP contribution in [0.5, 0.6) is 0 Å². The first-order valence-electron chi connectivity index (χ1n) is 4.89. The van der Waals surface area contributed by atoms with Crippen LogP contribution >= 0.6 is 0 Å². The molecule has 0 bridgehead atoms. The van der Waals surface area contributed by atoms with Crippen molar-refractivity contribution in [2.45, 2.75) is 51.4 Å². The molecule has 2 heteroatoms. The first-order chi connectivity index (χ1) is 6.05. The molecule has 1 saturated heterocycles. The lowest BCUT2D eigenvalue weighted by atomic mass is 9.93. The second-order valence-corrected chi connectivity index (χ2v) is 4.04. The van der Waals surface area contributed by atoms with Gasteiger partial charge in [0.15, 0.2) is 5.60 Å². The van der Waals surface area contributed by atoms with Gasteiger partial charge >= 0.3 is 0 Å². The molecular weight excluding hydrogens is 164 g/mol. The van der Waals surface area contributed by atoms with E-state index in [1.807, 2.05) is 6.92 Å². The highest BCUT2D eigenvalue weighted by Crippen LogP contribution is 2.35. The van der Waals surface area contributed by atoms with E-state index in [0.29, 0.717) is 18.8 Å². The van der Waals surface area contributed by atoms with Gasteiger partial charge in [-0.15, -0.1) is 6.42 Å². The second-order valence-electron chi connectivity index (χ2n) is 4.04. The third-order valence-corrected chi connectivity index (χ3v) is 2.87. The zero-order valence-corrected chi connectivity index (χ0v) is 8.58. The molecule has 0 aromatic heterocycles. The van der Waals surface area contributed by atoms with E-state index in [9.17, 15) is 5.11 Å². The van der Waals surface area contributed by atoms with Crippen LogP contribution < -0.4 is 0 Å². The van der Waals surface area contributed by atoms with Crippen LogP contribution in [-0.2, 0) is 4.74 Å². The highest BCUT2D eigenvalue weighted by molar-refractivity contribution is 5.15. The largest absolute Gasteiger partial charge is 0.389 e. The summed E-state index contributed by atoms with van der Waals surface area (Å²) in [5, 5.41) is 9.79. The van der Waals surface area contributed by atoms with Crippen molar-refractivity contribution in [2.24, 2.45) is 5.92 Å². The molecule has 1 aliphatic rings. The quantitative estimate of drug-likeness (QED) is 0.657. The summed E-state index contributed by atoms with van der Waals surface area (Å²) in [5.74, 6) is 3.00. The predicted octanol–water partition coefficient (Wildman–Crippen LogP) is 1.57. The van der Waals surface area contributed by atoms with Crippen LogP contribution in [-0.4, -0.2) is 22.9 Å². The van der Waals surface area contributed by atoms with E-state index < -0.39 is 11.7 Å². The van der Waals surface area contributed by atoms with Crippen molar-refractivity contribution in [3.63, 3.8) is 0 Å². The minimum atomic E-state index is -0.727. The Morgan fingerprint density at radius 1 is 1.69 bits per heavy atom. The molecule has 0 aromatic rings. The maximum Gasteiger partial charge on any atom is 0.154 e. The fourth-order valence-electron chi connectivity index (χ4n) is 1.77. The van der Waals surface area contributed by atoms with Gasteiger partial charge in [-0.05, 0) is 12.3 Å². The Morgan fingerprint density at radius 2 is 2.31 bits per heavy atom. The summed E-state index contributed by atoms with van der Waals surface area (Å²) in [6.07, 6.45) is 6.33. The number of rotatable bonds is 2. The summed E-state index contributed by atoms with van der Waals surface area (Å²) in [7, 11) is 0. The number of hydrogen-bond donors (Lipinski definition) is 1. The number of aliphatic hydroxyl groups is 1. The first-order valence-corrected chi connectivity index (χ1v) is 4.89. The predicted molar refractivity (Wildman–Crippen MR) is 52.2 cm³/mol. The van der Waals surface area contributed by atoms with Gasteiger partial charge in [0.05, 0.1) is 12.2 Å². The van der Waals surface area contributed by atoms with Crippen LogP contribution in [0.2, 0.25) is 0 Å². The molecule has 1 aliphatic heterocycles. The van der Waals surface area contributed by atoms with E-state index in [1.165, 1.54) is 0 Å². The second kappa shape index (κ2) is 3.69. The third-order valence-electron chi connectivity index (χ3n) is 2.87. The summed E-state index contributed by atoms with van der Waals surface area (Å²) in [6.45, 7) is 6.12. The summed E-state index contributed by atoms with van der Waals surface area (Å²) in [6, 6.07) is 0. The number of ether oxygens (including phenoxy) is 1. The van der Waals surface area contributed by atoms with Crippen molar-refractivity contribution in [3.05, 3.63) is 0 Å². The molecule has 1 fully saturated rings. The normalized spacial score (nSPS) is 39.4. The molecule has 1 heterocycles. The molecule has 0 radical (unpaired) electrons. The Morgan fingerprint density at radius 3 is 2.54 bits per heavy atom. The molecule has 3 atom stereocenters. The molecule has 0 aliphatic carbocycles. The zero-order chi connectivity index (χ0) is 10.1. The standard InChI is InChI=1S/C11H18O2/c1-5-11(6-2)10(12)7-9(13-11)8(3)4/h1,8-10,12H,6-7H2,2-4H3. The van der Waals surface area contributed by atoms with Crippen molar-refractivity contribution in [2.75, 3.05) is 0 Å². The van der Waals surface area contributed by atoms with E-state index in [4.69, 9.17) is 11.2 Å². The lowest BCUT2D eigenvalue weighted by Crippen LogP contribution is -2.37. The van der Waals surface area contributed by atoms with Crippen LogP contribution in [0.15, 0.2) is 0 Å². The van der Waals surface area contributed by atoms with Crippen LogP contribution in [0.3, 0.4) is 0 Å². The fraction of sp³-hybridized carbons (Fsp3) is 0.818. The molecule has 0 aromatic carbocycles. The van der Waals surface area contributed by atoms with Crippen molar-refractivity contribution in [1.82, 2.24) is 0 Å². The highest BCUT2D eigenvalue weighted by atomic mass is 16.5. The van der Waals surface area contributed by atoms with E-state index >= 15 is 0 Å². The van der Waals surface area contributed by atoms with Gasteiger partial charge in [-0.1, -0.05) is 26.7 Å². The van der Waals surface area contributed by atoms with Crippen molar-refractivity contribution < 1.29 is 9.84 Å². The fourth-order valence-corrected chi connectivity index (χ4v) is 1.77. The lowest BCUT2D eigenvalue weighted by Gasteiger charge is -2.25. The average molecular weight is 182 g/mol. The van der Waals surface area contributed by atoms with Crippen molar-refractivity contribution in [1.29, 1.82) is 0 Å². The summed E-state index contributed by atoms with van der Waals surface area (Å²) >= 11 is 0. The monoisotopic (exact) mass is 182 g/mol. The van der Waals surface area contributed by atoms with E-state index in [-0.39, 0.29) is 6.10 Å². The van der Waals surface area contributed by atoms with E-state index in [1.54, 1.807) is 0 Å². The SMILES string of the molecule is C#CC1(CC)OC(C(C)C)CC1O. The minimum Gasteiger partial charge on any atom is -0.389 e. The lowest BCUT2D eigenvalue weighted by molar-refractivity contribution is -0.0547. The maximum atomic E-state index is 9.79. The molecule has 1 N–H and O–H groups in total. The Hall–Kier alpha value is -0.520. The maximum absolute atomic E-state index is 9.79. The topological polar surface area (TPSA) is 29.5 Å². The van der Waals surface area contributed by atoms with Gasteiger partial charge in [-0.2, -0.15) is 0 Å². The average Bonchev–Trinajstić information content (AvgIpc) is 2.44. The summed E-state index contributed by atoms with van der Waals surface area (Å²) in [4.78, 5) is 0. The van der Waals surface area contributed by atoms with Gasteiger partial charge in [0, 0.05) is 6.42 Å². The highest BCUT2D eigenvalue weighted by Gasteiger charge is 2.46. The summed E-state index contributed by atoms with van der Waals surface area (Å²) < 4.78 is 5.73. The van der Waals surface area contributed by atoms with Crippen LogP contribution in [0, 0.1) is 18.3 Å². The minimum absolute atomic E-state index is 0.103. The first kappa shape index (κ1) is 10.6. The molecule has 0 spiro atoms. The third kappa shape index (κ3) is 1.72. The van der Waals surface area contributed by atoms with E-state index in [2.05, 4.69) is 19.8 Å². The van der Waals surface area contributed by atoms with Gasteiger partial charge < -0.3 is 9.84 Å². The van der Waals surface area contributed by atoms with Crippen LogP contribution in [0.1, 0.15) is 33.6 Å². The zero-order valence-electron chi connectivity index (χ0n) is 8.58. The molecule has 74 valence electrons. The molecular formula is C11H18O2. The van der Waals surface area contributed by atoms with Crippen LogP contribution in [0.25, 0.3) is 0 Å². The molecule has 0 amide bonds. The van der Waals surface area contributed by atoms with Gasteiger partial charge in [-0.3, -0.25) is 0 Å².